The third-order valence-electron chi connectivity index (χ3n) is 23.6. The number of aliphatic hydroxyl groups is 5. The first-order valence-corrected chi connectivity index (χ1v) is 34.9. The Morgan fingerprint density at radius 1 is 0.839 bits per heavy atom. The van der Waals surface area contributed by atoms with Crippen molar-refractivity contribution in [3.63, 3.8) is 0 Å². The summed E-state index contributed by atoms with van der Waals surface area (Å²) in [7, 11) is 5.17. The number of phenols is 1. The summed E-state index contributed by atoms with van der Waals surface area (Å²) in [6.45, 7) is 7.20. The number of carbonyl (C=O) groups excluding carboxylic acids is 2. The third kappa shape index (κ3) is 11.5. The Bertz CT molecular complexity index is 3510. The van der Waals surface area contributed by atoms with E-state index in [2.05, 4.69) is 59.4 Å². The smallest absolute Gasteiger partial charge is 0.258 e. The van der Waals surface area contributed by atoms with Crippen LogP contribution in [0.3, 0.4) is 0 Å². The van der Waals surface area contributed by atoms with Crippen molar-refractivity contribution in [1.29, 1.82) is 0 Å². The first-order valence-electron chi connectivity index (χ1n) is 34.9. The van der Waals surface area contributed by atoms with Gasteiger partial charge in [-0.2, -0.15) is 0 Å². The van der Waals surface area contributed by atoms with E-state index in [0.29, 0.717) is 103 Å². The normalized spacial score (nSPS) is 29.4. The molecule has 93 heavy (non-hydrogen) atoms. The number of amides is 2. The molecule has 4 aliphatic heterocycles. The van der Waals surface area contributed by atoms with Gasteiger partial charge in [0.1, 0.15) is 23.9 Å². The number of nitrogens with one attached hydrogen (secondary N) is 4. The molecular weight excluding hydrogens is 1180 g/mol. The number of imide groups is 1. The molecule has 5 aliphatic carbocycles. The van der Waals surface area contributed by atoms with Gasteiger partial charge in [-0.05, 0) is 163 Å². The van der Waals surface area contributed by atoms with Gasteiger partial charge < -0.3 is 70.3 Å². The van der Waals surface area contributed by atoms with Crippen LogP contribution in [0.25, 0.3) is 17.2 Å². The topological polar surface area (TPSA) is 253 Å². The van der Waals surface area contributed by atoms with E-state index in [1.165, 1.54) is 13.2 Å². The van der Waals surface area contributed by atoms with Gasteiger partial charge in [0.2, 0.25) is 5.75 Å². The Morgan fingerprint density at radius 2 is 1.62 bits per heavy atom. The zero-order valence-corrected chi connectivity index (χ0v) is 55.2. The molecule has 2 amide bonds. The minimum Gasteiger partial charge on any atom is -0.502 e. The SMILES string of the molecule is CNCCOc1cc(O[C@]23CCC[C@H](CC[C@H](C)C[C@H](O)[C@H](C)O)[C@H]2CC[C@@H](C)N3)c2c3c1CCc1c-3c(cc3c1[C@@H](O)[C@H](c1cc(OC)c(O)c(OC[C@H](CO)[C@]45CCC[C@H](C6(N7C(=O)C=C(CNC)C7=O)CCCCC6)[C@H]4C=Cc4ccccc45)c1)CO3)N[C@H]2O. The van der Waals surface area contributed by atoms with Crippen LogP contribution in [0.1, 0.15) is 181 Å². The lowest BCUT2D eigenvalue weighted by Crippen LogP contribution is -2.65. The van der Waals surface area contributed by atoms with Crippen molar-refractivity contribution in [2.45, 2.75) is 190 Å². The highest BCUT2D eigenvalue weighted by atomic mass is 16.5. The molecule has 502 valence electrons. The molecule has 18 heteroatoms. The average Bonchev–Trinajstić information content (AvgIpc) is 1.59. The van der Waals surface area contributed by atoms with E-state index in [0.717, 1.165) is 117 Å². The molecule has 0 aromatic heterocycles. The zero-order valence-electron chi connectivity index (χ0n) is 55.2. The molecule has 0 spiro atoms. The lowest BCUT2D eigenvalue weighted by Gasteiger charge is -2.60. The number of hydrogen-bond acceptors (Lipinski definition) is 17. The number of carbonyl (C=O) groups is 2. The Balaban J connectivity index is 0.823. The standard InChI is InChI=1S/C75H99N5O13/c1-42(32-58(83)44(3)82)18-20-46-15-12-29-75(54(46)24-19-43(2)79-75)93-61-37-59(90-31-30-76-4)50-22-23-51-65-57(78-71(87)68(61)67(50)65)36-60-66(51)69(85)52(41-92-60)47-33-62(89-6)70(86)63(34-47)91-40-49(39-81)74-28-13-17-55(56(74)25-21-45-14-8-9-16-53(45)74)73(26-10-7-11-27-73)80-64(84)35-48(38-77-5)72(80)88/h8-9,14,16,21,25,33-37,42-44,46,49,52,54-56,58,69,71,76-79,81-83,85-87H,7,10-13,15,17-20,22-24,26-32,38-41H2,1-6H3/t42-,43+,44-,46+,49-,52-,54+,55-,56+,58-,69-,71-,74-,75+/m0/s1. The first-order chi connectivity index (χ1) is 45.0. The van der Waals surface area contributed by atoms with Gasteiger partial charge in [-0.25, -0.2) is 0 Å². The van der Waals surface area contributed by atoms with Crippen LogP contribution < -0.4 is 45.0 Å². The molecule has 13 rings (SSSR count). The number of likely N-dealkylation sites (N-methyl/N-ethyl adjacent to an activating group) is 2. The number of anilines is 1. The lowest BCUT2D eigenvalue weighted by molar-refractivity contribution is -0.153. The number of nitrogens with zero attached hydrogens (tertiary/aromatic N) is 1. The van der Waals surface area contributed by atoms with Crippen LogP contribution in [-0.4, -0.2) is 138 Å². The molecule has 3 saturated carbocycles. The van der Waals surface area contributed by atoms with Crippen molar-refractivity contribution < 1.29 is 63.9 Å². The molecule has 4 fully saturated rings. The van der Waals surface area contributed by atoms with E-state index in [4.69, 9.17) is 23.7 Å². The first kappa shape index (κ1) is 65.4. The van der Waals surface area contributed by atoms with Gasteiger partial charge in [-0.15, -0.1) is 0 Å². The number of aliphatic hydroxyl groups excluding tert-OH is 5. The summed E-state index contributed by atoms with van der Waals surface area (Å²) in [5.41, 5.74) is 6.66. The van der Waals surface area contributed by atoms with Gasteiger partial charge in [0.25, 0.3) is 11.8 Å². The summed E-state index contributed by atoms with van der Waals surface area (Å²) in [4.78, 5) is 30.3. The van der Waals surface area contributed by atoms with Gasteiger partial charge >= 0.3 is 0 Å². The molecule has 10 N–H and O–H groups in total. The van der Waals surface area contributed by atoms with Crippen molar-refractivity contribution in [3.8, 4) is 45.6 Å². The number of phenolic OH excluding ortho intramolecular Hbond substituents is 1. The molecular formula is C75H99N5O13. The number of methoxy groups -OCH3 is 1. The predicted octanol–water partition coefficient (Wildman–Crippen LogP) is 9.79. The second-order valence-corrected chi connectivity index (χ2v) is 28.9. The number of rotatable bonds is 23. The lowest BCUT2D eigenvalue weighted by atomic mass is 9.47. The number of ether oxygens (including phenoxy) is 5. The molecule has 4 heterocycles. The van der Waals surface area contributed by atoms with Crippen LogP contribution in [0, 0.1) is 35.5 Å². The molecule has 14 atom stereocenters. The zero-order chi connectivity index (χ0) is 65.1. The maximum Gasteiger partial charge on any atom is 0.258 e. The van der Waals surface area contributed by atoms with Crippen molar-refractivity contribution in [2.75, 3.05) is 66.0 Å². The highest BCUT2D eigenvalue weighted by molar-refractivity contribution is 6.17. The molecule has 1 saturated heterocycles. The summed E-state index contributed by atoms with van der Waals surface area (Å²) in [6, 6.07) is 15.9. The molecule has 0 bridgehead atoms. The number of hydrogen-bond donors (Lipinski definition) is 10. The third-order valence-corrected chi connectivity index (χ3v) is 23.6. The fraction of sp³-hybridized carbons (Fsp3) is 0.600. The number of aromatic hydroxyl groups is 1. The van der Waals surface area contributed by atoms with Crippen LogP contribution >= 0.6 is 0 Å². The minimum absolute atomic E-state index is 0.00830. The molecule has 4 aromatic rings. The van der Waals surface area contributed by atoms with Gasteiger partial charge in [0, 0.05) is 100 Å². The summed E-state index contributed by atoms with van der Waals surface area (Å²) in [5, 5.41) is 83.9. The molecule has 0 unspecified atom stereocenters. The highest BCUT2D eigenvalue weighted by Gasteiger charge is 2.61. The van der Waals surface area contributed by atoms with Gasteiger partial charge in [0.05, 0.1) is 56.3 Å². The van der Waals surface area contributed by atoms with E-state index in [-0.39, 0.29) is 78.6 Å². The van der Waals surface area contributed by atoms with E-state index in [9.17, 15) is 40.2 Å². The second-order valence-electron chi connectivity index (χ2n) is 28.9. The fourth-order valence-corrected chi connectivity index (χ4v) is 19.2. The number of piperidine rings is 1. The van der Waals surface area contributed by atoms with Crippen molar-refractivity contribution in [3.05, 3.63) is 105 Å². The van der Waals surface area contributed by atoms with Gasteiger partial charge in [0.15, 0.2) is 23.5 Å². The van der Waals surface area contributed by atoms with Crippen LogP contribution in [0.4, 0.5) is 5.69 Å². The Morgan fingerprint density at radius 3 is 2.40 bits per heavy atom. The van der Waals surface area contributed by atoms with E-state index in [1.807, 2.05) is 31.3 Å². The quantitative estimate of drug-likeness (QED) is 0.0245. The van der Waals surface area contributed by atoms with Gasteiger partial charge in [-0.3, -0.25) is 19.8 Å². The molecule has 4 aromatic carbocycles. The number of fused-ring (bicyclic) bond motifs is 6. The van der Waals surface area contributed by atoms with Crippen molar-refractivity contribution >= 4 is 23.6 Å². The summed E-state index contributed by atoms with van der Waals surface area (Å²) in [5.74, 6) is 0.726. The number of benzene rings is 4. The summed E-state index contributed by atoms with van der Waals surface area (Å²) < 4.78 is 33.8. The fourth-order valence-electron chi connectivity index (χ4n) is 19.2. The highest BCUT2D eigenvalue weighted by Crippen LogP contribution is 2.62. The Labute approximate surface area is 547 Å². The summed E-state index contributed by atoms with van der Waals surface area (Å²) >= 11 is 0. The van der Waals surface area contributed by atoms with Crippen molar-refractivity contribution in [1.82, 2.24) is 20.9 Å². The monoisotopic (exact) mass is 1280 g/mol. The maximum atomic E-state index is 14.4. The van der Waals surface area contributed by atoms with Gasteiger partial charge in [-0.1, -0.05) is 75.4 Å². The van der Waals surface area contributed by atoms with Crippen LogP contribution in [0.5, 0.6) is 34.5 Å². The molecule has 0 radical (unpaired) electrons. The van der Waals surface area contributed by atoms with Crippen molar-refractivity contribution in [2.24, 2.45) is 35.5 Å². The molecule has 18 nitrogen and oxygen atoms in total. The summed E-state index contributed by atoms with van der Waals surface area (Å²) in [6.07, 6.45) is 17.2. The minimum atomic E-state index is -1.15. The maximum absolute atomic E-state index is 14.4. The molecule has 9 aliphatic rings. The predicted molar refractivity (Wildman–Crippen MR) is 356 cm³/mol. The van der Waals surface area contributed by atoms with E-state index < -0.39 is 53.1 Å². The number of allylic oxidation sites excluding steroid dienone is 1. The second kappa shape index (κ2) is 26.8. The van der Waals surface area contributed by atoms with Crippen LogP contribution in [0.2, 0.25) is 0 Å². The van der Waals surface area contributed by atoms with E-state index in [1.54, 1.807) is 31.0 Å². The Kier molecular flexibility index (Phi) is 18.8. The van der Waals surface area contributed by atoms with E-state index >= 15 is 0 Å². The average molecular weight is 1280 g/mol. The largest absolute Gasteiger partial charge is 0.502 e. The Hall–Kier alpha value is -6.22. The van der Waals surface area contributed by atoms with Crippen LogP contribution in [-0.2, 0) is 27.8 Å². The van der Waals surface area contributed by atoms with Crippen LogP contribution in [0.15, 0.2) is 66.3 Å².